The van der Waals surface area contributed by atoms with Crippen molar-refractivity contribution in [3.63, 3.8) is 0 Å². The van der Waals surface area contributed by atoms with Gasteiger partial charge in [-0.2, -0.15) is 0 Å². The molecule has 0 aliphatic rings. The third kappa shape index (κ3) is 5.15. The molecule has 108 valence electrons. The second-order valence-electron chi connectivity index (χ2n) is 5.35. The number of anilines is 1. The van der Waals surface area contributed by atoms with E-state index >= 15 is 0 Å². The molecule has 1 aromatic heterocycles. The van der Waals surface area contributed by atoms with E-state index < -0.39 is 0 Å². The molecule has 1 unspecified atom stereocenters. The fourth-order valence-electron chi connectivity index (χ4n) is 1.92. The van der Waals surface area contributed by atoms with Crippen molar-refractivity contribution >= 4 is 5.95 Å². The van der Waals surface area contributed by atoms with Gasteiger partial charge in [-0.1, -0.05) is 27.2 Å². The maximum Gasteiger partial charge on any atom is 0.225 e. The van der Waals surface area contributed by atoms with E-state index in [4.69, 9.17) is 0 Å². The van der Waals surface area contributed by atoms with Gasteiger partial charge in [0.1, 0.15) is 0 Å². The fourth-order valence-corrected chi connectivity index (χ4v) is 1.92. The van der Waals surface area contributed by atoms with Crippen LogP contribution >= 0.6 is 0 Å². The minimum atomic E-state index is 0.666. The zero-order valence-corrected chi connectivity index (χ0v) is 13.0. The molecule has 0 spiro atoms. The Labute approximate surface area is 117 Å². The van der Waals surface area contributed by atoms with Gasteiger partial charge < -0.3 is 10.2 Å². The standard InChI is InChI=1S/C15H28N4/c1-6-8-16-9-14-10-17-15(18-13(14)4)19(5)11-12(3)7-2/h10,12,16H,6-9,11H2,1-5H3. The maximum atomic E-state index is 4.61. The molecular weight excluding hydrogens is 236 g/mol. The Morgan fingerprint density at radius 3 is 2.68 bits per heavy atom. The first-order valence-electron chi connectivity index (χ1n) is 7.32. The second kappa shape index (κ2) is 8.10. The lowest BCUT2D eigenvalue weighted by atomic mass is 10.1. The monoisotopic (exact) mass is 264 g/mol. The predicted octanol–water partition coefficient (Wildman–Crippen LogP) is 2.77. The number of aryl methyl sites for hydroxylation is 1. The first kappa shape index (κ1) is 15.9. The highest BCUT2D eigenvalue weighted by Crippen LogP contribution is 2.12. The largest absolute Gasteiger partial charge is 0.344 e. The van der Waals surface area contributed by atoms with Crippen molar-refractivity contribution in [2.24, 2.45) is 5.92 Å². The summed E-state index contributed by atoms with van der Waals surface area (Å²) in [6.07, 6.45) is 4.28. The van der Waals surface area contributed by atoms with Gasteiger partial charge in [-0.15, -0.1) is 0 Å². The Morgan fingerprint density at radius 1 is 1.37 bits per heavy atom. The van der Waals surface area contributed by atoms with Gasteiger partial charge in [0, 0.05) is 37.6 Å². The van der Waals surface area contributed by atoms with E-state index in [9.17, 15) is 0 Å². The normalized spacial score (nSPS) is 12.5. The second-order valence-corrected chi connectivity index (χ2v) is 5.35. The Bertz CT molecular complexity index is 378. The molecule has 0 saturated carbocycles. The van der Waals surface area contributed by atoms with Crippen molar-refractivity contribution in [2.45, 2.75) is 47.1 Å². The quantitative estimate of drug-likeness (QED) is 0.733. The van der Waals surface area contributed by atoms with Crippen LogP contribution in [0.5, 0.6) is 0 Å². The number of rotatable bonds is 8. The lowest BCUT2D eigenvalue weighted by molar-refractivity contribution is 0.554. The summed E-state index contributed by atoms with van der Waals surface area (Å²) in [7, 11) is 2.07. The van der Waals surface area contributed by atoms with Crippen molar-refractivity contribution < 1.29 is 0 Å². The molecule has 1 heterocycles. The van der Waals surface area contributed by atoms with Crippen LogP contribution in [0.2, 0.25) is 0 Å². The van der Waals surface area contributed by atoms with E-state index in [2.05, 4.69) is 54.9 Å². The SMILES string of the molecule is CCCNCc1cnc(N(C)CC(C)CC)nc1C. The molecule has 1 aromatic rings. The van der Waals surface area contributed by atoms with Crippen LogP contribution in [-0.2, 0) is 6.54 Å². The molecule has 1 N–H and O–H groups in total. The van der Waals surface area contributed by atoms with Gasteiger partial charge >= 0.3 is 0 Å². The molecule has 0 amide bonds. The summed E-state index contributed by atoms with van der Waals surface area (Å²) < 4.78 is 0. The van der Waals surface area contributed by atoms with Crippen LogP contribution in [0.1, 0.15) is 44.9 Å². The van der Waals surface area contributed by atoms with Crippen LogP contribution < -0.4 is 10.2 Å². The average molecular weight is 264 g/mol. The van der Waals surface area contributed by atoms with E-state index in [1.54, 1.807) is 0 Å². The van der Waals surface area contributed by atoms with E-state index in [1.165, 1.54) is 12.0 Å². The molecule has 4 nitrogen and oxygen atoms in total. The smallest absolute Gasteiger partial charge is 0.225 e. The summed E-state index contributed by atoms with van der Waals surface area (Å²) in [5.41, 5.74) is 2.26. The Kier molecular flexibility index (Phi) is 6.78. The Balaban J connectivity index is 2.64. The third-order valence-electron chi connectivity index (χ3n) is 3.43. The van der Waals surface area contributed by atoms with E-state index in [0.717, 1.165) is 37.7 Å². The molecular formula is C15H28N4. The Hall–Kier alpha value is -1.16. The van der Waals surface area contributed by atoms with Crippen molar-refractivity contribution in [1.29, 1.82) is 0 Å². The van der Waals surface area contributed by atoms with Crippen LogP contribution in [0, 0.1) is 12.8 Å². The highest BCUT2D eigenvalue weighted by Gasteiger charge is 2.10. The van der Waals surface area contributed by atoms with Crippen molar-refractivity contribution in [3.8, 4) is 0 Å². The van der Waals surface area contributed by atoms with E-state index in [-0.39, 0.29) is 0 Å². The molecule has 4 heteroatoms. The molecule has 1 atom stereocenters. The van der Waals surface area contributed by atoms with Gasteiger partial charge in [-0.25, -0.2) is 9.97 Å². The van der Waals surface area contributed by atoms with Crippen LogP contribution in [-0.4, -0.2) is 30.1 Å². The van der Waals surface area contributed by atoms with Crippen LogP contribution in [0.25, 0.3) is 0 Å². The van der Waals surface area contributed by atoms with Crippen molar-refractivity contribution in [3.05, 3.63) is 17.5 Å². The lowest BCUT2D eigenvalue weighted by Gasteiger charge is -2.21. The zero-order valence-electron chi connectivity index (χ0n) is 13.0. The summed E-state index contributed by atoms with van der Waals surface area (Å²) in [5.74, 6) is 1.50. The van der Waals surface area contributed by atoms with Crippen molar-refractivity contribution in [1.82, 2.24) is 15.3 Å². The van der Waals surface area contributed by atoms with Crippen LogP contribution in [0.4, 0.5) is 5.95 Å². The van der Waals surface area contributed by atoms with Crippen molar-refractivity contribution in [2.75, 3.05) is 25.0 Å². The van der Waals surface area contributed by atoms with E-state index in [0.29, 0.717) is 5.92 Å². The number of nitrogens with zero attached hydrogens (tertiary/aromatic N) is 3. The highest BCUT2D eigenvalue weighted by molar-refractivity contribution is 5.31. The van der Waals surface area contributed by atoms with Gasteiger partial charge in [0.2, 0.25) is 5.95 Å². The molecule has 0 fully saturated rings. The summed E-state index contributed by atoms with van der Waals surface area (Å²) in [5, 5.41) is 3.39. The average Bonchev–Trinajstić information content (AvgIpc) is 2.40. The van der Waals surface area contributed by atoms with E-state index in [1.807, 2.05) is 6.20 Å². The zero-order chi connectivity index (χ0) is 14.3. The molecule has 0 radical (unpaired) electrons. The van der Waals surface area contributed by atoms with Crippen LogP contribution in [0.15, 0.2) is 6.20 Å². The molecule has 0 aromatic carbocycles. The highest BCUT2D eigenvalue weighted by atomic mass is 15.2. The summed E-state index contributed by atoms with van der Waals surface area (Å²) in [4.78, 5) is 11.2. The minimum Gasteiger partial charge on any atom is -0.344 e. The third-order valence-corrected chi connectivity index (χ3v) is 3.43. The summed E-state index contributed by atoms with van der Waals surface area (Å²) in [6.45, 7) is 11.6. The molecule has 19 heavy (non-hydrogen) atoms. The molecule has 0 aliphatic heterocycles. The van der Waals surface area contributed by atoms with Gasteiger partial charge in [-0.3, -0.25) is 0 Å². The molecule has 0 bridgehead atoms. The lowest BCUT2D eigenvalue weighted by Crippen LogP contribution is -2.26. The van der Waals surface area contributed by atoms with Crippen LogP contribution in [0.3, 0.4) is 0 Å². The first-order chi connectivity index (χ1) is 9.08. The Morgan fingerprint density at radius 2 is 2.11 bits per heavy atom. The topological polar surface area (TPSA) is 41.1 Å². The number of hydrogen-bond donors (Lipinski definition) is 1. The number of aromatic nitrogens is 2. The number of hydrogen-bond acceptors (Lipinski definition) is 4. The van der Waals surface area contributed by atoms with Gasteiger partial charge in [0.25, 0.3) is 0 Å². The minimum absolute atomic E-state index is 0.666. The molecule has 0 saturated heterocycles. The first-order valence-corrected chi connectivity index (χ1v) is 7.32. The fraction of sp³-hybridized carbons (Fsp3) is 0.733. The molecule has 0 aliphatic carbocycles. The predicted molar refractivity (Wildman–Crippen MR) is 81.5 cm³/mol. The maximum absolute atomic E-state index is 4.61. The van der Waals surface area contributed by atoms with Gasteiger partial charge in [0.05, 0.1) is 0 Å². The number of nitrogens with one attached hydrogen (secondary N) is 1. The van der Waals surface area contributed by atoms with Gasteiger partial charge in [-0.05, 0) is 25.8 Å². The summed E-state index contributed by atoms with van der Waals surface area (Å²) >= 11 is 0. The summed E-state index contributed by atoms with van der Waals surface area (Å²) in [6, 6.07) is 0. The molecule has 1 rings (SSSR count). The van der Waals surface area contributed by atoms with Gasteiger partial charge in [0.15, 0.2) is 0 Å².